The third kappa shape index (κ3) is 8.67. The Balaban J connectivity index is 1.70. The molecule has 1 heterocycles. The van der Waals surface area contributed by atoms with E-state index in [0.717, 1.165) is 21.8 Å². The van der Waals surface area contributed by atoms with E-state index in [1.165, 1.54) is 6.92 Å². The van der Waals surface area contributed by atoms with Crippen LogP contribution in [0.3, 0.4) is 0 Å². The number of aromatic nitrogens is 1. The fourth-order valence-electron chi connectivity index (χ4n) is 3.31. The van der Waals surface area contributed by atoms with Crippen LogP contribution in [0.5, 0.6) is 0 Å². The first-order valence-corrected chi connectivity index (χ1v) is 13.2. The van der Waals surface area contributed by atoms with Gasteiger partial charge in [-0.3, -0.25) is 9.59 Å². The lowest BCUT2D eigenvalue weighted by Crippen LogP contribution is -2.58. The van der Waals surface area contributed by atoms with Gasteiger partial charge in [0.1, 0.15) is 17.1 Å². The summed E-state index contributed by atoms with van der Waals surface area (Å²) in [6, 6.07) is 14.2. The molecule has 0 aliphatic carbocycles. The number of rotatable bonds is 11. The van der Waals surface area contributed by atoms with Crippen LogP contribution in [0.4, 0.5) is 26.1 Å². The van der Waals surface area contributed by atoms with Gasteiger partial charge in [0, 0.05) is 23.2 Å². The van der Waals surface area contributed by atoms with E-state index in [-0.39, 0.29) is 11.8 Å². The molecule has 0 aliphatic rings. The lowest BCUT2D eigenvalue weighted by atomic mass is 10.1. The number of benzene rings is 2. The lowest BCUT2D eigenvalue weighted by Gasteiger charge is -2.24. The summed E-state index contributed by atoms with van der Waals surface area (Å²) in [5.74, 6) is -0.634. The Labute approximate surface area is 226 Å². The van der Waals surface area contributed by atoms with Crippen molar-refractivity contribution in [2.75, 3.05) is 22.2 Å². The fourth-order valence-corrected chi connectivity index (χ4v) is 4.67. The summed E-state index contributed by atoms with van der Waals surface area (Å²) in [7, 11) is 0. The predicted molar refractivity (Wildman–Crippen MR) is 141 cm³/mol. The van der Waals surface area contributed by atoms with Crippen molar-refractivity contribution < 1.29 is 29.4 Å². The first-order chi connectivity index (χ1) is 18.1. The van der Waals surface area contributed by atoms with Crippen molar-refractivity contribution in [1.29, 1.82) is 0 Å². The van der Waals surface area contributed by atoms with Gasteiger partial charge in [-0.1, -0.05) is 23.5 Å². The third-order valence-electron chi connectivity index (χ3n) is 4.97. The minimum absolute atomic E-state index is 0.298. The molecule has 38 heavy (non-hydrogen) atoms. The second-order valence-electron chi connectivity index (χ2n) is 7.80. The Morgan fingerprint density at radius 1 is 0.895 bits per heavy atom. The van der Waals surface area contributed by atoms with Gasteiger partial charge in [-0.15, -0.1) is 11.8 Å². The van der Waals surface area contributed by atoms with Crippen LogP contribution in [0.25, 0.3) is 0 Å². The normalized spacial score (nSPS) is 10.5. The monoisotopic (exact) mass is 556 g/mol. The van der Waals surface area contributed by atoms with Crippen molar-refractivity contribution in [1.82, 2.24) is 15.6 Å². The number of anilines is 3. The molecule has 0 bridgehead atoms. The summed E-state index contributed by atoms with van der Waals surface area (Å²) in [6.07, 6.45) is -1.85. The molecule has 12 nitrogen and oxygen atoms in total. The first kappa shape index (κ1) is 28.3. The number of carboxylic acid groups (broad SMARTS) is 2. The number of carbonyl (C=O) groups excluding carboxylic acids is 4. The molecule has 0 radical (unpaired) electrons. The SMILES string of the molecule is CSc1ccc(NC(=O)c2sc(NC(C)=O)nc2CCc2ccc(NC(NC(=O)[O-])NC(=O)[O-])cc2)cc1. The number of hydrogen-bond donors (Lipinski definition) is 5. The molecular weight excluding hydrogens is 532 g/mol. The average molecular weight is 557 g/mol. The van der Waals surface area contributed by atoms with Gasteiger partial charge in [0.05, 0.1) is 5.69 Å². The van der Waals surface area contributed by atoms with E-state index in [4.69, 9.17) is 0 Å². The number of carbonyl (C=O) groups is 4. The Morgan fingerprint density at radius 2 is 1.50 bits per heavy atom. The maximum Gasteiger partial charge on any atom is 0.267 e. The van der Waals surface area contributed by atoms with Crippen molar-refractivity contribution in [2.45, 2.75) is 31.0 Å². The Hall–Kier alpha value is -4.30. The molecule has 3 aromatic rings. The number of amides is 4. The van der Waals surface area contributed by atoms with E-state index in [2.05, 4.69) is 20.9 Å². The highest BCUT2D eigenvalue weighted by molar-refractivity contribution is 7.98. The lowest BCUT2D eigenvalue weighted by molar-refractivity contribution is -0.255. The van der Waals surface area contributed by atoms with Crippen molar-refractivity contribution in [3.05, 3.63) is 64.7 Å². The van der Waals surface area contributed by atoms with E-state index in [1.807, 2.05) is 41.2 Å². The number of thioether (sulfide) groups is 1. The minimum atomic E-state index is -1.67. The van der Waals surface area contributed by atoms with Crippen molar-refractivity contribution in [3.63, 3.8) is 0 Å². The van der Waals surface area contributed by atoms with E-state index < -0.39 is 18.5 Å². The molecule has 0 saturated carbocycles. The van der Waals surface area contributed by atoms with Crippen LogP contribution in [-0.4, -0.2) is 41.5 Å². The maximum atomic E-state index is 13.0. The van der Waals surface area contributed by atoms with Crippen LogP contribution in [0.1, 0.15) is 27.9 Å². The number of thiazole rings is 1. The molecule has 200 valence electrons. The minimum Gasteiger partial charge on any atom is -0.530 e. The Morgan fingerprint density at radius 3 is 2.05 bits per heavy atom. The summed E-state index contributed by atoms with van der Waals surface area (Å²) < 4.78 is 0. The summed E-state index contributed by atoms with van der Waals surface area (Å²) >= 11 is 2.68. The fraction of sp³-hybridized carbons (Fsp3) is 0.208. The van der Waals surface area contributed by atoms with Crippen LogP contribution in [-0.2, 0) is 17.6 Å². The Bertz CT molecular complexity index is 1280. The molecule has 0 unspecified atom stereocenters. The first-order valence-electron chi connectivity index (χ1n) is 11.2. The van der Waals surface area contributed by atoms with Crippen LogP contribution < -0.4 is 36.8 Å². The number of nitrogens with zero attached hydrogens (tertiary/aromatic N) is 1. The zero-order valence-corrected chi connectivity index (χ0v) is 22.0. The number of aryl methyl sites for hydroxylation is 2. The standard InChI is InChI=1S/C24H26N6O6S2/c1-13(31)25-22-28-18(19(38-22)20(32)26-15-8-10-17(37-2)11-9-15)12-5-14-3-6-16(7-4-14)27-21(29-23(33)34)30-24(35)36/h3-4,6-11,21,27,29-30H,5,12H2,1-2H3,(H,26,32)(H,33,34)(H,35,36)(H,25,28,31)/p-2. The van der Waals surface area contributed by atoms with Gasteiger partial charge in [0.2, 0.25) is 5.91 Å². The van der Waals surface area contributed by atoms with E-state index in [1.54, 1.807) is 36.0 Å². The van der Waals surface area contributed by atoms with Crippen molar-refractivity contribution in [2.24, 2.45) is 0 Å². The van der Waals surface area contributed by atoms with Gasteiger partial charge in [-0.05, 0) is 61.1 Å². The van der Waals surface area contributed by atoms with Crippen LogP contribution in [0.15, 0.2) is 53.4 Å². The molecule has 3 rings (SSSR count). The number of hydrogen-bond acceptors (Lipinski definition) is 10. The zero-order valence-electron chi connectivity index (χ0n) is 20.3. The highest BCUT2D eigenvalue weighted by Gasteiger charge is 2.19. The van der Waals surface area contributed by atoms with Gasteiger partial charge in [0.25, 0.3) is 5.91 Å². The van der Waals surface area contributed by atoms with Gasteiger partial charge in [0.15, 0.2) is 11.4 Å². The predicted octanol–water partition coefficient (Wildman–Crippen LogP) is 1.42. The molecular formula is C24H24N6O6S2-2. The molecule has 0 atom stereocenters. The molecule has 0 spiro atoms. The molecule has 0 fully saturated rings. The van der Waals surface area contributed by atoms with Crippen molar-refractivity contribution in [3.8, 4) is 0 Å². The number of nitrogens with one attached hydrogen (secondary N) is 5. The molecule has 0 aliphatic heterocycles. The quantitative estimate of drug-likeness (QED) is 0.172. The van der Waals surface area contributed by atoms with Crippen LogP contribution in [0, 0.1) is 0 Å². The second kappa shape index (κ2) is 13.3. The van der Waals surface area contributed by atoms with E-state index >= 15 is 0 Å². The average Bonchev–Trinajstić information content (AvgIpc) is 3.25. The molecule has 5 N–H and O–H groups in total. The van der Waals surface area contributed by atoms with E-state index in [0.29, 0.717) is 39.9 Å². The Kier molecular flexibility index (Phi) is 9.90. The van der Waals surface area contributed by atoms with Crippen LogP contribution in [0.2, 0.25) is 0 Å². The highest BCUT2D eigenvalue weighted by atomic mass is 32.2. The van der Waals surface area contributed by atoms with Crippen LogP contribution >= 0.6 is 23.1 Å². The molecule has 2 aromatic carbocycles. The molecule has 14 heteroatoms. The largest absolute Gasteiger partial charge is 0.530 e. The molecule has 0 saturated heterocycles. The van der Waals surface area contributed by atoms with Gasteiger partial charge in [-0.25, -0.2) is 4.98 Å². The maximum absolute atomic E-state index is 13.0. The van der Waals surface area contributed by atoms with Gasteiger partial charge < -0.3 is 46.4 Å². The smallest absolute Gasteiger partial charge is 0.267 e. The highest BCUT2D eigenvalue weighted by Crippen LogP contribution is 2.26. The van der Waals surface area contributed by atoms with Crippen molar-refractivity contribution >= 4 is 63.6 Å². The van der Waals surface area contributed by atoms with Gasteiger partial charge >= 0.3 is 0 Å². The third-order valence-corrected chi connectivity index (χ3v) is 6.73. The van der Waals surface area contributed by atoms with E-state index in [9.17, 15) is 29.4 Å². The topological polar surface area (TPSA) is 187 Å². The zero-order chi connectivity index (χ0) is 27.7. The summed E-state index contributed by atoms with van der Waals surface area (Å²) in [6.45, 7) is 1.36. The second-order valence-corrected chi connectivity index (χ2v) is 9.68. The summed E-state index contributed by atoms with van der Waals surface area (Å²) in [5.41, 5.74) is 2.46. The molecule has 1 aromatic heterocycles. The van der Waals surface area contributed by atoms with Gasteiger partial charge in [-0.2, -0.15) is 0 Å². The summed E-state index contributed by atoms with van der Waals surface area (Å²) in [5, 5.41) is 33.7. The molecule has 4 amide bonds. The summed E-state index contributed by atoms with van der Waals surface area (Å²) in [4.78, 5) is 51.9.